The first-order valence-corrected chi connectivity index (χ1v) is 8.82. The van der Waals surface area contributed by atoms with Crippen molar-refractivity contribution in [3.63, 3.8) is 0 Å². The normalized spacial score (nSPS) is 19.2. The number of carbonyl (C=O) groups excluding carboxylic acids is 2. The van der Waals surface area contributed by atoms with Crippen LogP contribution in [0.15, 0.2) is 30.5 Å². The fraction of sp³-hybridized carbons (Fsp3) is 0.444. The van der Waals surface area contributed by atoms with Crippen LogP contribution in [-0.4, -0.2) is 51.2 Å². The molecule has 0 aliphatic carbocycles. The van der Waals surface area contributed by atoms with Gasteiger partial charge in [-0.1, -0.05) is 6.07 Å². The van der Waals surface area contributed by atoms with Gasteiger partial charge in [-0.25, -0.2) is 0 Å². The summed E-state index contributed by atoms with van der Waals surface area (Å²) >= 11 is 0. The summed E-state index contributed by atoms with van der Waals surface area (Å²) in [6.45, 7) is 3.21. The van der Waals surface area contributed by atoms with Crippen LogP contribution in [-0.2, 0) is 29.2 Å². The average Bonchev–Trinajstić information content (AvgIpc) is 3.35. The molecule has 1 saturated heterocycles. The Kier molecular flexibility index (Phi) is 4.66. The monoisotopic (exact) mass is 355 g/mol. The molecule has 1 atom stereocenters. The van der Waals surface area contributed by atoms with Crippen molar-refractivity contribution in [2.45, 2.75) is 26.1 Å². The number of rotatable bonds is 4. The van der Waals surface area contributed by atoms with Crippen molar-refractivity contribution in [3.8, 4) is 0 Å². The Morgan fingerprint density at radius 2 is 2.23 bits per heavy atom. The molecule has 1 N–H and O–H groups in total. The number of carbonyl (C=O) groups is 2. The third-order valence-corrected chi connectivity index (χ3v) is 4.78. The number of amides is 2. The SMILES string of the molecule is O=C(NCc1ccccn1)c1cc2n(n1)CCN(C(=O)[C@@H]1CCOC1)C2. The van der Waals surface area contributed by atoms with Gasteiger partial charge in [0.25, 0.3) is 5.91 Å². The first kappa shape index (κ1) is 16.7. The largest absolute Gasteiger partial charge is 0.381 e. The van der Waals surface area contributed by atoms with Crippen LogP contribution in [0.3, 0.4) is 0 Å². The van der Waals surface area contributed by atoms with Crippen molar-refractivity contribution in [2.75, 3.05) is 19.8 Å². The molecule has 2 aliphatic heterocycles. The predicted molar refractivity (Wildman–Crippen MR) is 92.0 cm³/mol. The summed E-state index contributed by atoms with van der Waals surface area (Å²) in [6, 6.07) is 7.33. The highest BCUT2D eigenvalue weighted by Gasteiger charge is 2.31. The van der Waals surface area contributed by atoms with Gasteiger partial charge in [0.05, 0.1) is 43.5 Å². The lowest BCUT2D eigenvalue weighted by atomic mass is 10.1. The van der Waals surface area contributed by atoms with E-state index in [1.165, 1.54) is 0 Å². The van der Waals surface area contributed by atoms with Gasteiger partial charge in [-0.3, -0.25) is 19.3 Å². The molecule has 1 fully saturated rings. The van der Waals surface area contributed by atoms with Crippen molar-refractivity contribution in [1.82, 2.24) is 25.0 Å². The molecule has 8 nitrogen and oxygen atoms in total. The Hall–Kier alpha value is -2.74. The first-order chi connectivity index (χ1) is 12.7. The fourth-order valence-corrected chi connectivity index (χ4v) is 3.32. The standard InChI is InChI=1S/C18H21N5O3/c24-17(20-10-14-3-1-2-5-19-14)16-9-15-11-22(6-7-23(15)21-16)18(25)13-4-8-26-12-13/h1-3,5,9,13H,4,6-8,10-12H2,(H,20,24)/t13-/m1/s1. The zero-order valence-electron chi connectivity index (χ0n) is 14.4. The van der Waals surface area contributed by atoms with E-state index in [4.69, 9.17) is 4.74 Å². The molecule has 0 saturated carbocycles. The number of pyridine rings is 1. The van der Waals surface area contributed by atoms with E-state index in [9.17, 15) is 9.59 Å². The fourth-order valence-electron chi connectivity index (χ4n) is 3.32. The first-order valence-electron chi connectivity index (χ1n) is 8.82. The Morgan fingerprint density at radius 1 is 1.31 bits per heavy atom. The second-order valence-electron chi connectivity index (χ2n) is 6.57. The van der Waals surface area contributed by atoms with Crippen LogP contribution in [0.1, 0.15) is 28.3 Å². The lowest BCUT2D eigenvalue weighted by Gasteiger charge is -2.29. The molecule has 26 heavy (non-hydrogen) atoms. The highest BCUT2D eigenvalue weighted by Crippen LogP contribution is 2.20. The van der Waals surface area contributed by atoms with Gasteiger partial charge in [-0.15, -0.1) is 0 Å². The number of hydrogen-bond donors (Lipinski definition) is 1. The quantitative estimate of drug-likeness (QED) is 0.867. The average molecular weight is 355 g/mol. The van der Waals surface area contributed by atoms with E-state index in [1.807, 2.05) is 27.8 Å². The predicted octanol–water partition coefficient (Wildman–Crippen LogP) is 0.587. The van der Waals surface area contributed by atoms with E-state index in [0.717, 1.165) is 17.8 Å². The summed E-state index contributed by atoms with van der Waals surface area (Å²) in [5.41, 5.74) is 2.04. The highest BCUT2D eigenvalue weighted by molar-refractivity contribution is 5.92. The maximum absolute atomic E-state index is 12.5. The van der Waals surface area contributed by atoms with Crippen LogP contribution in [0, 0.1) is 5.92 Å². The molecule has 2 amide bonds. The minimum atomic E-state index is -0.236. The van der Waals surface area contributed by atoms with Crippen LogP contribution >= 0.6 is 0 Å². The molecule has 4 rings (SSSR count). The van der Waals surface area contributed by atoms with Gasteiger partial charge < -0.3 is 15.0 Å². The van der Waals surface area contributed by atoms with E-state index in [2.05, 4.69) is 15.4 Å². The second-order valence-corrected chi connectivity index (χ2v) is 6.57. The number of ether oxygens (including phenoxy) is 1. The third-order valence-electron chi connectivity index (χ3n) is 4.78. The Labute approximate surface area is 151 Å². The summed E-state index contributed by atoms with van der Waals surface area (Å²) in [7, 11) is 0. The lowest BCUT2D eigenvalue weighted by molar-refractivity contribution is -0.137. The molecule has 0 spiro atoms. The van der Waals surface area contributed by atoms with Crippen molar-refractivity contribution in [1.29, 1.82) is 0 Å². The minimum Gasteiger partial charge on any atom is -0.381 e. The molecular formula is C18H21N5O3. The van der Waals surface area contributed by atoms with E-state index in [0.29, 0.717) is 45.1 Å². The van der Waals surface area contributed by atoms with E-state index < -0.39 is 0 Å². The minimum absolute atomic E-state index is 0.0365. The van der Waals surface area contributed by atoms with Crippen molar-refractivity contribution in [3.05, 3.63) is 47.5 Å². The number of fused-ring (bicyclic) bond motifs is 1. The molecule has 8 heteroatoms. The zero-order valence-corrected chi connectivity index (χ0v) is 14.4. The number of aromatic nitrogens is 3. The molecule has 0 aromatic carbocycles. The van der Waals surface area contributed by atoms with Gasteiger partial charge in [0.1, 0.15) is 0 Å². The number of hydrogen-bond acceptors (Lipinski definition) is 5. The Balaban J connectivity index is 1.39. The van der Waals surface area contributed by atoms with Crippen LogP contribution in [0.2, 0.25) is 0 Å². The number of nitrogens with zero attached hydrogens (tertiary/aromatic N) is 4. The van der Waals surface area contributed by atoms with E-state index in [-0.39, 0.29) is 17.7 Å². The molecule has 4 heterocycles. The molecule has 0 unspecified atom stereocenters. The smallest absolute Gasteiger partial charge is 0.272 e. The Bertz CT molecular complexity index is 798. The zero-order chi connectivity index (χ0) is 17.9. The van der Waals surface area contributed by atoms with Crippen LogP contribution in [0.4, 0.5) is 0 Å². The highest BCUT2D eigenvalue weighted by atomic mass is 16.5. The molecular weight excluding hydrogens is 334 g/mol. The lowest BCUT2D eigenvalue weighted by Crippen LogP contribution is -2.41. The van der Waals surface area contributed by atoms with E-state index in [1.54, 1.807) is 12.3 Å². The van der Waals surface area contributed by atoms with Crippen LogP contribution in [0.5, 0.6) is 0 Å². The third kappa shape index (κ3) is 3.45. The topological polar surface area (TPSA) is 89.4 Å². The molecule has 136 valence electrons. The maximum Gasteiger partial charge on any atom is 0.272 e. The molecule has 0 radical (unpaired) electrons. The van der Waals surface area contributed by atoms with Crippen LogP contribution < -0.4 is 5.32 Å². The summed E-state index contributed by atoms with van der Waals surface area (Å²) < 4.78 is 7.12. The van der Waals surface area contributed by atoms with Crippen molar-refractivity contribution < 1.29 is 14.3 Å². The van der Waals surface area contributed by atoms with Crippen molar-refractivity contribution in [2.24, 2.45) is 5.92 Å². The van der Waals surface area contributed by atoms with Crippen LogP contribution in [0.25, 0.3) is 0 Å². The summed E-state index contributed by atoms with van der Waals surface area (Å²) in [6.07, 6.45) is 2.48. The summed E-state index contributed by atoms with van der Waals surface area (Å²) in [5.74, 6) is -0.138. The van der Waals surface area contributed by atoms with E-state index >= 15 is 0 Å². The molecule has 2 aromatic rings. The van der Waals surface area contributed by atoms with Gasteiger partial charge in [0.2, 0.25) is 5.91 Å². The Morgan fingerprint density at radius 3 is 3.00 bits per heavy atom. The van der Waals surface area contributed by atoms with Gasteiger partial charge in [-0.05, 0) is 24.6 Å². The van der Waals surface area contributed by atoms with Gasteiger partial charge in [0.15, 0.2) is 5.69 Å². The molecule has 0 bridgehead atoms. The van der Waals surface area contributed by atoms with Gasteiger partial charge >= 0.3 is 0 Å². The summed E-state index contributed by atoms with van der Waals surface area (Å²) in [5, 5.41) is 7.20. The number of nitrogens with one attached hydrogen (secondary N) is 1. The maximum atomic E-state index is 12.5. The molecule has 2 aliphatic rings. The van der Waals surface area contributed by atoms with Crippen molar-refractivity contribution >= 4 is 11.8 Å². The molecule has 2 aromatic heterocycles. The van der Waals surface area contributed by atoms with Gasteiger partial charge in [-0.2, -0.15) is 5.10 Å². The second kappa shape index (κ2) is 7.25. The van der Waals surface area contributed by atoms with Gasteiger partial charge in [0, 0.05) is 19.3 Å². The summed E-state index contributed by atoms with van der Waals surface area (Å²) in [4.78, 5) is 30.9.